The van der Waals surface area contributed by atoms with Gasteiger partial charge in [0.15, 0.2) is 0 Å². The zero-order valence-electron chi connectivity index (χ0n) is 9.87. The van der Waals surface area contributed by atoms with Gasteiger partial charge in [0.05, 0.1) is 7.11 Å². The van der Waals surface area contributed by atoms with Crippen molar-refractivity contribution in [1.82, 2.24) is 5.32 Å². The molecule has 1 aromatic carbocycles. The number of rotatable bonds is 4. The molecule has 1 rings (SSSR count). The summed E-state index contributed by atoms with van der Waals surface area (Å²) in [6, 6.07) is 8.47. The van der Waals surface area contributed by atoms with Crippen molar-refractivity contribution in [3.63, 3.8) is 0 Å². The summed E-state index contributed by atoms with van der Waals surface area (Å²) in [6.07, 6.45) is 2.17. The van der Waals surface area contributed by atoms with Crippen LogP contribution in [0.1, 0.15) is 19.4 Å². The van der Waals surface area contributed by atoms with Gasteiger partial charge < -0.3 is 10.1 Å². The van der Waals surface area contributed by atoms with Crippen molar-refractivity contribution in [1.29, 1.82) is 0 Å². The molecule has 0 heterocycles. The first-order valence-corrected chi connectivity index (χ1v) is 5.17. The van der Waals surface area contributed by atoms with Gasteiger partial charge >= 0.3 is 0 Å². The minimum Gasteiger partial charge on any atom is -0.497 e. The third-order valence-electron chi connectivity index (χ3n) is 2.60. The Hall–Kier alpha value is -1.28. The van der Waals surface area contributed by atoms with E-state index < -0.39 is 0 Å². The standard InChI is InChI=1S/C13H19NO/c1-10(11(2)14-3)8-12-6-5-7-13(9-12)15-4/h5-9,11,14H,1-4H3/b10-8+. The molecule has 0 saturated heterocycles. The molecule has 2 nitrogen and oxygen atoms in total. The predicted octanol–water partition coefficient (Wildman–Crippen LogP) is 2.71. The number of hydrogen-bond donors (Lipinski definition) is 1. The van der Waals surface area contributed by atoms with Crippen LogP contribution in [0.3, 0.4) is 0 Å². The van der Waals surface area contributed by atoms with E-state index in [1.54, 1.807) is 7.11 Å². The van der Waals surface area contributed by atoms with Crippen molar-refractivity contribution in [3.8, 4) is 5.75 Å². The van der Waals surface area contributed by atoms with Crippen molar-refractivity contribution in [2.45, 2.75) is 19.9 Å². The Morgan fingerprint density at radius 2 is 2.20 bits per heavy atom. The van der Waals surface area contributed by atoms with Gasteiger partial charge in [0, 0.05) is 6.04 Å². The summed E-state index contributed by atoms with van der Waals surface area (Å²) in [5.74, 6) is 0.897. The molecule has 0 aliphatic rings. The SMILES string of the molecule is CNC(C)/C(C)=C/c1cccc(OC)c1. The summed E-state index contributed by atoms with van der Waals surface area (Å²) < 4.78 is 5.18. The fourth-order valence-electron chi connectivity index (χ4n) is 1.35. The highest BCUT2D eigenvalue weighted by molar-refractivity contribution is 5.55. The lowest BCUT2D eigenvalue weighted by molar-refractivity contribution is 0.414. The van der Waals surface area contributed by atoms with Crippen molar-refractivity contribution >= 4 is 6.08 Å². The Morgan fingerprint density at radius 3 is 2.80 bits per heavy atom. The van der Waals surface area contributed by atoms with E-state index in [1.807, 2.05) is 25.2 Å². The van der Waals surface area contributed by atoms with Crippen LogP contribution in [0.25, 0.3) is 6.08 Å². The van der Waals surface area contributed by atoms with Crippen LogP contribution in [-0.4, -0.2) is 20.2 Å². The van der Waals surface area contributed by atoms with Gasteiger partial charge in [-0.1, -0.05) is 23.8 Å². The quantitative estimate of drug-likeness (QED) is 0.816. The minimum absolute atomic E-state index is 0.399. The van der Waals surface area contributed by atoms with Crippen LogP contribution in [0.4, 0.5) is 0 Å². The molecule has 0 spiro atoms. The number of methoxy groups -OCH3 is 1. The summed E-state index contributed by atoms with van der Waals surface area (Å²) in [5, 5.41) is 3.21. The van der Waals surface area contributed by atoms with Gasteiger partial charge in [0.1, 0.15) is 5.75 Å². The van der Waals surface area contributed by atoms with Gasteiger partial charge in [-0.15, -0.1) is 0 Å². The van der Waals surface area contributed by atoms with Gasteiger partial charge in [-0.05, 0) is 38.6 Å². The molecule has 0 amide bonds. The summed E-state index contributed by atoms with van der Waals surface area (Å²) in [7, 11) is 3.65. The summed E-state index contributed by atoms with van der Waals surface area (Å²) >= 11 is 0. The van der Waals surface area contributed by atoms with Crippen LogP contribution in [0, 0.1) is 0 Å². The van der Waals surface area contributed by atoms with Crippen LogP contribution >= 0.6 is 0 Å². The number of benzene rings is 1. The van der Waals surface area contributed by atoms with Gasteiger partial charge in [-0.25, -0.2) is 0 Å². The van der Waals surface area contributed by atoms with E-state index >= 15 is 0 Å². The number of nitrogens with one attached hydrogen (secondary N) is 1. The molecule has 1 unspecified atom stereocenters. The van der Waals surface area contributed by atoms with E-state index in [-0.39, 0.29) is 0 Å². The molecule has 1 aromatic rings. The van der Waals surface area contributed by atoms with Gasteiger partial charge in [-0.2, -0.15) is 0 Å². The van der Waals surface area contributed by atoms with Crippen LogP contribution < -0.4 is 10.1 Å². The average Bonchev–Trinajstić information content (AvgIpc) is 2.28. The van der Waals surface area contributed by atoms with E-state index in [1.165, 1.54) is 11.1 Å². The lowest BCUT2D eigenvalue weighted by atomic mass is 10.1. The maximum atomic E-state index is 5.18. The molecule has 0 radical (unpaired) electrons. The van der Waals surface area contributed by atoms with Gasteiger partial charge in [0.25, 0.3) is 0 Å². The van der Waals surface area contributed by atoms with Crippen molar-refractivity contribution in [2.75, 3.05) is 14.2 Å². The van der Waals surface area contributed by atoms with E-state index in [2.05, 4.69) is 31.3 Å². The molecule has 0 aliphatic heterocycles. The van der Waals surface area contributed by atoms with E-state index in [0.717, 1.165) is 5.75 Å². The zero-order chi connectivity index (χ0) is 11.3. The molecule has 15 heavy (non-hydrogen) atoms. The van der Waals surface area contributed by atoms with Crippen molar-refractivity contribution < 1.29 is 4.74 Å². The summed E-state index contributed by atoms with van der Waals surface area (Å²) in [4.78, 5) is 0. The number of ether oxygens (including phenoxy) is 1. The second-order valence-corrected chi connectivity index (χ2v) is 3.68. The Bertz CT molecular complexity index is 344. The zero-order valence-corrected chi connectivity index (χ0v) is 9.87. The predicted molar refractivity (Wildman–Crippen MR) is 65.2 cm³/mol. The third-order valence-corrected chi connectivity index (χ3v) is 2.60. The van der Waals surface area contributed by atoms with Crippen molar-refractivity contribution in [2.24, 2.45) is 0 Å². The van der Waals surface area contributed by atoms with E-state index in [9.17, 15) is 0 Å². The molecular formula is C13H19NO. The molecule has 0 aromatic heterocycles. The molecule has 1 N–H and O–H groups in total. The van der Waals surface area contributed by atoms with E-state index in [4.69, 9.17) is 4.74 Å². The van der Waals surface area contributed by atoms with Crippen LogP contribution in [-0.2, 0) is 0 Å². The van der Waals surface area contributed by atoms with Crippen molar-refractivity contribution in [3.05, 3.63) is 35.4 Å². The first kappa shape index (κ1) is 11.8. The second-order valence-electron chi connectivity index (χ2n) is 3.68. The molecule has 1 atom stereocenters. The van der Waals surface area contributed by atoms with E-state index in [0.29, 0.717) is 6.04 Å². The molecule has 2 heteroatoms. The highest BCUT2D eigenvalue weighted by Crippen LogP contribution is 2.16. The lowest BCUT2D eigenvalue weighted by Crippen LogP contribution is -2.21. The first-order valence-electron chi connectivity index (χ1n) is 5.17. The largest absolute Gasteiger partial charge is 0.497 e. The number of likely N-dealkylation sites (N-methyl/N-ethyl adjacent to an activating group) is 1. The fourth-order valence-corrected chi connectivity index (χ4v) is 1.35. The van der Waals surface area contributed by atoms with Crippen LogP contribution in [0.5, 0.6) is 5.75 Å². The number of hydrogen-bond acceptors (Lipinski definition) is 2. The van der Waals surface area contributed by atoms with Crippen LogP contribution in [0.2, 0.25) is 0 Å². The topological polar surface area (TPSA) is 21.3 Å². The summed E-state index contributed by atoms with van der Waals surface area (Å²) in [6.45, 7) is 4.27. The Labute approximate surface area is 92.0 Å². The Balaban J connectivity index is 2.87. The maximum Gasteiger partial charge on any atom is 0.119 e. The monoisotopic (exact) mass is 205 g/mol. The molecular weight excluding hydrogens is 186 g/mol. The molecule has 0 saturated carbocycles. The second kappa shape index (κ2) is 5.56. The highest BCUT2D eigenvalue weighted by Gasteiger charge is 2.00. The average molecular weight is 205 g/mol. The molecule has 0 fully saturated rings. The smallest absolute Gasteiger partial charge is 0.119 e. The Morgan fingerprint density at radius 1 is 1.47 bits per heavy atom. The summed E-state index contributed by atoms with van der Waals surface area (Å²) in [5.41, 5.74) is 2.49. The first-order chi connectivity index (χ1) is 7.17. The molecule has 0 aliphatic carbocycles. The third kappa shape index (κ3) is 3.40. The van der Waals surface area contributed by atoms with Gasteiger partial charge in [0.2, 0.25) is 0 Å². The lowest BCUT2D eigenvalue weighted by Gasteiger charge is -2.10. The minimum atomic E-state index is 0.399. The molecule has 82 valence electrons. The fraction of sp³-hybridized carbons (Fsp3) is 0.385. The van der Waals surface area contributed by atoms with Gasteiger partial charge in [-0.3, -0.25) is 0 Å². The highest BCUT2D eigenvalue weighted by atomic mass is 16.5. The molecule has 0 bridgehead atoms. The maximum absolute atomic E-state index is 5.18. The normalized spacial score (nSPS) is 13.7. The van der Waals surface area contributed by atoms with Crippen LogP contribution in [0.15, 0.2) is 29.8 Å². The Kier molecular flexibility index (Phi) is 4.37.